The molecule has 146 valence electrons. The van der Waals surface area contributed by atoms with Crippen LogP contribution in [0.2, 0.25) is 0 Å². The Balaban J connectivity index is 1.97. The molecule has 0 saturated carbocycles. The van der Waals surface area contributed by atoms with Gasteiger partial charge >= 0.3 is 6.16 Å². The van der Waals surface area contributed by atoms with Gasteiger partial charge in [-0.05, 0) is 43.3 Å². The minimum absolute atomic E-state index is 0.0356. The molecule has 0 atom stereocenters. The summed E-state index contributed by atoms with van der Waals surface area (Å²) < 4.78 is 32.6. The third-order valence-corrected chi connectivity index (χ3v) is 4.70. The molecule has 0 saturated heterocycles. The van der Waals surface area contributed by atoms with Gasteiger partial charge in [-0.1, -0.05) is 6.07 Å². The summed E-state index contributed by atoms with van der Waals surface area (Å²) >= 11 is 0. The zero-order valence-electron chi connectivity index (χ0n) is 14.7. The predicted molar refractivity (Wildman–Crippen MR) is 103 cm³/mol. The fraction of sp³-hybridized carbons (Fsp3) is 0.111. The number of H-pyrrole nitrogens is 1. The Hall–Kier alpha value is -3.37. The van der Waals surface area contributed by atoms with Crippen molar-refractivity contribution < 1.29 is 27.8 Å². The van der Waals surface area contributed by atoms with Crippen LogP contribution < -0.4 is 9.88 Å². The van der Waals surface area contributed by atoms with Gasteiger partial charge in [-0.2, -0.15) is 0 Å². The third kappa shape index (κ3) is 4.13. The SMILES string of the molecule is CCOC(=O)Oc1cccc2[nH]c(O)c(C=Nc3ccc(S(N)(=O)=O)cc3)c12. The zero-order chi connectivity index (χ0) is 20.3. The zero-order valence-corrected chi connectivity index (χ0v) is 15.6. The maximum atomic E-state index is 11.7. The number of aromatic amines is 1. The third-order valence-electron chi connectivity index (χ3n) is 3.77. The van der Waals surface area contributed by atoms with Crippen molar-refractivity contribution in [1.29, 1.82) is 0 Å². The molecule has 2 aromatic carbocycles. The Morgan fingerprint density at radius 1 is 1.25 bits per heavy atom. The van der Waals surface area contributed by atoms with E-state index in [9.17, 15) is 18.3 Å². The first kappa shape index (κ1) is 19.4. The number of carbonyl (C=O) groups excluding carboxylic acids is 1. The van der Waals surface area contributed by atoms with Crippen molar-refractivity contribution >= 4 is 39.0 Å². The molecule has 1 aromatic heterocycles. The number of hydrogen-bond acceptors (Lipinski definition) is 7. The highest BCUT2D eigenvalue weighted by Crippen LogP contribution is 2.34. The maximum absolute atomic E-state index is 11.7. The van der Waals surface area contributed by atoms with Crippen LogP contribution in [0.5, 0.6) is 11.6 Å². The quantitative estimate of drug-likeness (QED) is 0.339. The predicted octanol–water partition coefficient (Wildman–Crippen LogP) is 2.81. The van der Waals surface area contributed by atoms with E-state index in [2.05, 4.69) is 9.98 Å². The van der Waals surface area contributed by atoms with Gasteiger partial charge in [0, 0.05) is 6.21 Å². The molecule has 0 aliphatic carbocycles. The lowest BCUT2D eigenvalue weighted by Crippen LogP contribution is -2.11. The second-order valence-corrected chi connectivity index (χ2v) is 7.21. The second kappa shape index (κ2) is 7.71. The van der Waals surface area contributed by atoms with E-state index in [-0.39, 0.29) is 23.1 Å². The lowest BCUT2D eigenvalue weighted by atomic mass is 10.1. The summed E-state index contributed by atoms with van der Waals surface area (Å²) in [6.45, 7) is 1.82. The number of nitrogens with zero attached hydrogens (tertiary/aromatic N) is 1. The molecule has 0 unspecified atom stereocenters. The molecule has 0 aliphatic heterocycles. The van der Waals surface area contributed by atoms with Gasteiger partial charge in [0.25, 0.3) is 0 Å². The molecule has 1 heterocycles. The van der Waals surface area contributed by atoms with E-state index in [1.165, 1.54) is 30.5 Å². The number of aromatic nitrogens is 1. The summed E-state index contributed by atoms with van der Waals surface area (Å²) in [6.07, 6.45) is 0.509. The Bertz CT molecular complexity index is 1150. The van der Waals surface area contributed by atoms with Gasteiger partial charge in [0.1, 0.15) is 5.75 Å². The largest absolute Gasteiger partial charge is 0.513 e. The van der Waals surface area contributed by atoms with Crippen molar-refractivity contribution in [2.75, 3.05) is 6.61 Å². The van der Waals surface area contributed by atoms with Gasteiger partial charge in [-0.15, -0.1) is 0 Å². The van der Waals surface area contributed by atoms with Crippen LogP contribution in [0.3, 0.4) is 0 Å². The molecule has 0 radical (unpaired) electrons. The minimum atomic E-state index is -3.79. The first-order valence-corrected chi connectivity index (χ1v) is 9.69. The molecular formula is C18H17N3O6S. The van der Waals surface area contributed by atoms with E-state index in [0.717, 1.165) is 0 Å². The van der Waals surface area contributed by atoms with Crippen LogP contribution in [0.25, 0.3) is 10.9 Å². The standard InChI is InChI=1S/C18H17N3O6S/c1-2-26-18(23)27-15-5-3-4-14-16(15)13(17(22)21-14)10-20-11-6-8-12(9-7-11)28(19,24)25/h3-10,21-22H,2H2,1H3,(H2,19,24,25). The van der Waals surface area contributed by atoms with Gasteiger partial charge < -0.3 is 19.6 Å². The van der Waals surface area contributed by atoms with E-state index in [1.807, 2.05) is 0 Å². The number of hydrogen-bond donors (Lipinski definition) is 3. The van der Waals surface area contributed by atoms with Gasteiger partial charge in [0.05, 0.1) is 33.7 Å². The summed E-state index contributed by atoms with van der Waals surface area (Å²) in [5.41, 5.74) is 1.26. The number of aliphatic imine (C=N–C) groups is 1. The molecule has 0 fully saturated rings. The van der Waals surface area contributed by atoms with E-state index in [0.29, 0.717) is 22.2 Å². The Labute approximate surface area is 160 Å². The summed E-state index contributed by atoms with van der Waals surface area (Å²) in [7, 11) is -3.79. The van der Waals surface area contributed by atoms with Crippen LogP contribution in [0.1, 0.15) is 12.5 Å². The highest BCUT2D eigenvalue weighted by Gasteiger charge is 2.16. The van der Waals surface area contributed by atoms with Crippen molar-refractivity contribution in [3.63, 3.8) is 0 Å². The Morgan fingerprint density at radius 3 is 2.61 bits per heavy atom. The number of fused-ring (bicyclic) bond motifs is 1. The lowest BCUT2D eigenvalue weighted by molar-refractivity contribution is 0.105. The van der Waals surface area contributed by atoms with Crippen molar-refractivity contribution in [2.45, 2.75) is 11.8 Å². The molecule has 0 spiro atoms. The number of rotatable bonds is 5. The Kier molecular flexibility index (Phi) is 5.34. The molecule has 3 aromatic rings. The average molecular weight is 403 g/mol. The van der Waals surface area contributed by atoms with Crippen molar-refractivity contribution in [3.8, 4) is 11.6 Å². The number of sulfonamides is 1. The van der Waals surface area contributed by atoms with Crippen molar-refractivity contribution in [2.24, 2.45) is 10.1 Å². The monoisotopic (exact) mass is 403 g/mol. The molecule has 0 bridgehead atoms. The van der Waals surface area contributed by atoms with E-state index < -0.39 is 16.2 Å². The second-order valence-electron chi connectivity index (χ2n) is 5.65. The highest BCUT2D eigenvalue weighted by molar-refractivity contribution is 7.89. The number of primary sulfonamides is 1. The van der Waals surface area contributed by atoms with Crippen molar-refractivity contribution in [3.05, 3.63) is 48.0 Å². The number of ether oxygens (including phenoxy) is 2. The molecule has 4 N–H and O–H groups in total. The first-order chi connectivity index (χ1) is 13.3. The van der Waals surface area contributed by atoms with Crippen LogP contribution in [0, 0.1) is 0 Å². The molecule has 28 heavy (non-hydrogen) atoms. The highest BCUT2D eigenvalue weighted by atomic mass is 32.2. The van der Waals surface area contributed by atoms with E-state index in [1.54, 1.807) is 25.1 Å². The smallest absolute Gasteiger partial charge is 0.494 e. The number of nitrogens with two attached hydrogens (primary N) is 1. The fourth-order valence-corrected chi connectivity index (χ4v) is 3.05. The number of nitrogens with one attached hydrogen (secondary N) is 1. The molecule has 3 rings (SSSR count). The summed E-state index contributed by atoms with van der Waals surface area (Å²) in [5.74, 6) is 0.0262. The number of carbonyl (C=O) groups is 1. The lowest BCUT2D eigenvalue weighted by Gasteiger charge is -2.05. The molecule has 9 nitrogen and oxygen atoms in total. The minimum Gasteiger partial charge on any atom is -0.494 e. The van der Waals surface area contributed by atoms with Crippen LogP contribution in [0.15, 0.2) is 52.4 Å². The van der Waals surface area contributed by atoms with Crippen molar-refractivity contribution in [1.82, 2.24) is 4.98 Å². The van der Waals surface area contributed by atoms with Crippen LogP contribution in [-0.2, 0) is 14.8 Å². The number of aromatic hydroxyl groups is 1. The van der Waals surface area contributed by atoms with Gasteiger partial charge in [-0.25, -0.2) is 18.4 Å². The fourth-order valence-electron chi connectivity index (χ4n) is 2.54. The van der Waals surface area contributed by atoms with E-state index >= 15 is 0 Å². The topological polar surface area (TPSA) is 144 Å². The van der Waals surface area contributed by atoms with Crippen LogP contribution in [-0.4, -0.2) is 37.5 Å². The molecule has 0 amide bonds. The summed E-state index contributed by atoms with van der Waals surface area (Å²) in [4.78, 5) is 18.6. The van der Waals surface area contributed by atoms with Crippen LogP contribution >= 0.6 is 0 Å². The van der Waals surface area contributed by atoms with Gasteiger partial charge in [-0.3, -0.25) is 4.99 Å². The first-order valence-electron chi connectivity index (χ1n) is 8.14. The molecular weight excluding hydrogens is 386 g/mol. The summed E-state index contributed by atoms with van der Waals surface area (Å²) in [6, 6.07) is 10.5. The molecule has 10 heteroatoms. The van der Waals surface area contributed by atoms with Crippen LogP contribution in [0.4, 0.5) is 10.5 Å². The summed E-state index contributed by atoms with van der Waals surface area (Å²) in [5, 5.41) is 15.7. The number of benzene rings is 2. The van der Waals surface area contributed by atoms with Gasteiger partial charge in [0.2, 0.25) is 10.0 Å². The normalized spacial score (nSPS) is 11.8. The molecule has 0 aliphatic rings. The average Bonchev–Trinajstić information content (AvgIpc) is 2.96. The maximum Gasteiger partial charge on any atom is 0.513 e. The van der Waals surface area contributed by atoms with Gasteiger partial charge in [0.15, 0.2) is 5.88 Å². The van der Waals surface area contributed by atoms with E-state index in [4.69, 9.17) is 14.6 Å². The Morgan fingerprint density at radius 2 is 1.96 bits per heavy atom.